The molecule has 0 saturated carbocycles. The molecule has 0 amide bonds. The molecule has 0 fully saturated rings. The van der Waals surface area contributed by atoms with Gasteiger partial charge in [0.2, 0.25) is 0 Å². The zero-order chi connectivity index (χ0) is 12.1. The molecule has 1 unspecified atom stereocenters. The average molecular weight is 230 g/mol. The molecule has 0 radical (unpaired) electrons. The van der Waals surface area contributed by atoms with Crippen molar-refractivity contribution in [3.63, 3.8) is 0 Å². The molecular weight excluding hydrogens is 212 g/mol. The highest BCUT2D eigenvalue weighted by molar-refractivity contribution is 5.79. The van der Waals surface area contributed by atoms with Crippen LogP contribution in [-0.4, -0.2) is 25.2 Å². The van der Waals surface area contributed by atoms with Crippen LogP contribution in [0.3, 0.4) is 0 Å². The maximum Gasteiger partial charge on any atom is 0.121 e. The molecular formula is C14H18N2O. The third-order valence-electron chi connectivity index (χ3n) is 2.66. The van der Waals surface area contributed by atoms with Gasteiger partial charge in [-0.2, -0.15) is 0 Å². The lowest BCUT2D eigenvalue weighted by Gasteiger charge is -2.12. The molecule has 0 spiro atoms. The topological polar surface area (TPSA) is 34.1 Å². The third-order valence-corrected chi connectivity index (χ3v) is 2.66. The van der Waals surface area contributed by atoms with E-state index in [4.69, 9.17) is 4.74 Å². The average Bonchev–Trinajstić information content (AvgIpc) is 2.36. The van der Waals surface area contributed by atoms with Crippen molar-refractivity contribution >= 4 is 10.9 Å². The van der Waals surface area contributed by atoms with E-state index in [2.05, 4.69) is 23.3 Å². The SMILES string of the molecule is CNCC(C)COc1ccc2cccnc2c1. The Labute approximate surface area is 102 Å². The summed E-state index contributed by atoms with van der Waals surface area (Å²) in [6, 6.07) is 10.0. The van der Waals surface area contributed by atoms with Gasteiger partial charge in [-0.25, -0.2) is 0 Å². The summed E-state index contributed by atoms with van der Waals surface area (Å²) in [6.45, 7) is 3.85. The highest BCUT2D eigenvalue weighted by Crippen LogP contribution is 2.19. The Morgan fingerprint density at radius 1 is 1.35 bits per heavy atom. The van der Waals surface area contributed by atoms with Crippen LogP contribution in [0.5, 0.6) is 5.75 Å². The van der Waals surface area contributed by atoms with E-state index in [0.29, 0.717) is 5.92 Å². The molecule has 0 saturated heterocycles. The predicted molar refractivity (Wildman–Crippen MR) is 70.3 cm³/mol. The van der Waals surface area contributed by atoms with E-state index in [0.717, 1.165) is 29.8 Å². The molecule has 1 heterocycles. The summed E-state index contributed by atoms with van der Waals surface area (Å²) < 4.78 is 5.75. The molecule has 90 valence electrons. The van der Waals surface area contributed by atoms with Crippen LogP contribution in [0.1, 0.15) is 6.92 Å². The summed E-state index contributed by atoms with van der Waals surface area (Å²) in [7, 11) is 1.95. The molecule has 1 aromatic heterocycles. The lowest BCUT2D eigenvalue weighted by atomic mass is 10.2. The maximum atomic E-state index is 5.75. The van der Waals surface area contributed by atoms with Crippen molar-refractivity contribution in [2.45, 2.75) is 6.92 Å². The number of ether oxygens (including phenoxy) is 1. The smallest absolute Gasteiger partial charge is 0.121 e. The van der Waals surface area contributed by atoms with E-state index in [-0.39, 0.29) is 0 Å². The number of nitrogens with one attached hydrogen (secondary N) is 1. The fraction of sp³-hybridized carbons (Fsp3) is 0.357. The minimum absolute atomic E-state index is 0.499. The Morgan fingerprint density at radius 3 is 3.06 bits per heavy atom. The molecule has 1 atom stereocenters. The van der Waals surface area contributed by atoms with Gasteiger partial charge in [-0.3, -0.25) is 4.98 Å². The first-order chi connectivity index (χ1) is 8.29. The van der Waals surface area contributed by atoms with Crippen LogP contribution in [0.2, 0.25) is 0 Å². The van der Waals surface area contributed by atoms with Gasteiger partial charge in [-0.15, -0.1) is 0 Å². The molecule has 1 aromatic carbocycles. The van der Waals surface area contributed by atoms with Gasteiger partial charge < -0.3 is 10.1 Å². The summed E-state index contributed by atoms with van der Waals surface area (Å²) in [6.07, 6.45) is 1.80. The molecule has 17 heavy (non-hydrogen) atoms. The second-order valence-corrected chi connectivity index (χ2v) is 4.33. The highest BCUT2D eigenvalue weighted by Gasteiger charge is 2.02. The Bertz CT molecular complexity index is 484. The van der Waals surface area contributed by atoms with Gasteiger partial charge in [0.25, 0.3) is 0 Å². The third kappa shape index (κ3) is 3.17. The molecule has 0 aliphatic rings. The van der Waals surface area contributed by atoms with Crippen LogP contribution in [0, 0.1) is 5.92 Å². The van der Waals surface area contributed by atoms with Gasteiger partial charge in [0.1, 0.15) is 5.75 Å². The van der Waals surface area contributed by atoms with E-state index in [1.807, 2.05) is 31.3 Å². The molecule has 0 bridgehead atoms. The number of fused-ring (bicyclic) bond motifs is 1. The molecule has 3 heteroatoms. The van der Waals surface area contributed by atoms with Crippen molar-refractivity contribution in [3.05, 3.63) is 36.5 Å². The van der Waals surface area contributed by atoms with E-state index < -0.39 is 0 Å². The van der Waals surface area contributed by atoms with Crippen LogP contribution in [0.25, 0.3) is 10.9 Å². The quantitative estimate of drug-likeness (QED) is 0.856. The van der Waals surface area contributed by atoms with Crippen LogP contribution in [0.15, 0.2) is 36.5 Å². The predicted octanol–water partition coefficient (Wildman–Crippen LogP) is 2.47. The number of aromatic nitrogens is 1. The van der Waals surface area contributed by atoms with Gasteiger partial charge in [-0.05, 0) is 25.2 Å². The number of nitrogens with zero attached hydrogens (tertiary/aromatic N) is 1. The van der Waals surface area contributed by atoms with E-state index in [1.54, 1.807) is 6.20 Å². The van der Waals surface area contributed by atoms with Crippen molar-refractivity contribution in [2.75, 3.05) is 20.2 Å². The highest BCUT2D eigenvalue weighted by atomic mass is 16.5. The van der Waals surface area contributed by atoms with Crippen LogP contribution in [0.4, 0.5) is 0 Å². The van der Waals surface area contributed by atoms with Gasteiger partial charge in [-0.1, -0.05) is 13.0 Å². The van der Waals surface area contributed by atoms with Gasteiger partial charge in [0.05, 0.1) is 12.1 Å². The summed E-state index contributed by atoms with van der Waals surface area (Å²) in [4.78, 5) is 4.31. The van der Waals surface area contributed by atoms with Crippen LogP contribution in [-0.2, 0) is 0 Å². The first kappa shape index (κ1) is 11.9. The Morgan fingerprint density at radius 2 is 2.24 bits per heavy atom. The van der Waals surface area contributed by atoms with Crippen molar-refractivity contribution in [3.8, 4) is 5.75 Å². The Hall–Kier alpha value is -1.61. The molecule has 1 N–H and O–H groups in total. The standard InChI is InChI=1S/C14H18N2O/c1-11(9-15-2)10-17-13-6-5-12-4-3-7-16-14(12)8-13/h3-8,11,15H,9-10H2,1-2H3. The number of rotatable bonds is 5. The number of hydrogen-bond acceptors (Lipinski definition) is 3. The summed E-state index contributed by atoms with van der Waals surface area (Å²) in [5.41, 5.74) is 0.978. The van der Waals surface area contributed by atoms with Crippen LogP contribution >= 0.6 is 0 Å². The first-order valence-corrected chi connectivity index (χ1v) is 5.92. The number of hydrogen-bond donors (Lipinski definition) is 1. The molecule has 2 rings (SSSR count). The number of pyridine rings is 1. The van der Waals surface area contributed by atoms with Gasteiger partial charge in [0.15, 0.2) is 0 Å². The second-order valence-electron chi connectivity index (χ2n) is 4.33. The van der Waals surface area contributed by atoms with Crippen molar-refractivity contribution in [2.24, 2.45) is 5.92 Å². The fourth-order valence-electron chi connectivity index (χ4n) is 1.78. The molecule has 3 nitrogen and oxygen atoms in total. The Kier molecular flexibility index (Phi) is 3.94. The van der Waals surface area contributed by atoms with E-state index >= 15 is 0 Å². The Balaban J connectivity index is 2.04. The monoisotopic (exact) mass is 230 g/mol. The minimum atomic E-state index is 0.499. The lowest BCUT2D eigenvalue weighted by molar-refractivity contribution is 0.258. The summed E-state index contributed by atoms with van der Waals surface area (Å²) in [5.74, 6) is 1.39. The second kappa shape index (κ2) is 5.64. The lowest BCUT2D eigenvalue weighted by Crippen LogP contribution is -2.21. The minimum Gasteiger partial charge on any atom is -0.493 e. The van der Waals surface area contributed by atoms with Gasteiger partial charge in [0, 0.05) is 30.1 Å². The maximum absolute atomic E-state index is 5.75. The number of benzene rings is 1. The van der Waals surface area contributed by atoms with Crippen molar-refractivity contribution in [1.29, 1.82) is 0 Å². The molecule has 0 aliphatic heterocycles. The van der Waals surface area contributed by atoms with Gasteiger partial charge >= 0.3 is 0 Å². The van der Waals surface area contributed by atoms with Crippen molar-refractivity contribution < 1.29 is 4.74 Å². The van der Waals surface area contributed by atoms with Crippen molar-refractivity contribution in [1.82, 2.24) is 10.3 Å². The molecule has 0 aliphatic carbocycles. The largest absolute Gasteiger partial charge is 0.493 e. The summed E-state index contributed by atoms with van der Waals surface area (Å²) >= 11 is 0. The summed E-state index contributed by atoms with van der Waals surface area (Å²) in [5, 5.41) is 4.28. The zero-order valence-electron chi connectivity index (χ0n) is 10.3. The van der Waals surface area contributed by atoms with E-state index in [1.165, 1.54) is 0 Å². The fourth-order valence-corrected chi connectivity index (χ4v) is 1.78. The van der Waals surface area contributed by atoms with E-state index in [9.17, 15) is 0 Å². The first-order valence-electron chi connectivity index (χ1n) is 5.92. The normalized spacial score (nSPS) is 12.6. The molecule has 2 aromatic rings. The van der Waals surface area contributed by atoms with Crippen LogP contribution < -0.4 is 10.1 Å². The zero-order valence-corrected chi connectivity index (χ0v) is 10.3.